The Kier molecular flexibility index (Phi) is 5.39. The molecule has 1 N–H and O–H groups in total. The quantitative estimate of drug-likeness (QED) is 0.916. The maximum atomic E-state index is 12.6. The van der Waals surface area contributed by atoms with E-state index in [0.717, 1.165) is 28.8 Å². The van der Waals surface area contributed by atoms with Crippen LogP contribution in [0.25, 0.3) is 0 Å². The first kappa shape index (κ1) is 14.2. The number of benzene rings is 1. The monoisotopic (exact) mass is 329 g/mol. The Hall–Kier alpha value is -0.190. The van der Waals surface area contributed by atoms with E-state index in [1.54, 1.807) is 0 Å². The first-order valence-corrected chi connectivity index (χ1v) is 8.61. The lowest BCUT2D eigenvalue weighted by Gasteiger charge is -2.29. The summed E-state index contributed by atoms with van der Waals surface area (Å²) in [5, 5.41) is 3.79. The Morgan fingerprint density at radius 3 is 3.00 bits per heavy atom. The summed E-state index contributed by atoms with van der Waals surface area (Å²) in [5.74, 6) is 0. The average molecular weight is 330 g/mol. The van der Waals surface area contributed by atoms with Crippen molar-refractivity contribution in [3.05, 3.63) is 28.7 Å². The molecular formula is C14H20BrNOS. The van der Waals surface area contributed by atoms with E-state index in [9.17, 15) is 4.21 Å². The van der Waals surface area contributed by atoms with Crippen molar-refractivity contribution in [3.63, 3.8) is 0 Å². The molecule has 18 heavy (non-hydrogen) atoms. The predicted molar refractivity (Wildman–Crippen MR) is 80.3 cm³/mol. The van der Waals surface area contributed by atoms with Gasteiger partial charge in [0.2, 0.25) is 0 Å². The first-order chi connectivity index (χ1) is 8.70. The number of nitrogens with one attached hydrogen (secondary N) is 1. The number of hydrogen-bond donors (Lipinski definition) is 1. The summed E-state index contributed by atoms with van der Waals surface area (Å²) in [5.41, 5.74) is 0. The van der Waals surface area contributed by atoms with Gasteiger partial charge in [0.1, 0.15) is 0 Å². The minimum Gasteiger partial charge on any atom is -0.314 e. The van der Waals surface area contributed by atoms with Crippen LogP contribution < -0.4 is 5.32 Å². The molecule has 100 valence electrons. The summed E-state index contributed by atoms with van der Waals surface area (Å²) in [4.78, 5) is 0.950. The van der Waals surface area contributed by atoms with Gasteiger partial charge in [-0.25, -0.2) is 0 Å². The molecule has 0 saturated heterocycles. The highest BCUT2D eigenvalue weighted by molar-refractivity contribution is 9.10. The van der Waals surface area contributed by atoms with Crippen LogP contribution in [0.15, 0.2) is 33.6 Å². The van der Waals surface area contributed by atoms with Gasteiger partial charge in [-0.15, -0.1) is 0 Å². The first-order valence-electron chi connectivity index (χ1n) is 6.60. The molecule has 2 rings (SSSR count). The zero-order chi connectivity index (χ0) is 13.0. The minimum atomic E-state index is -0.874. The van der Waals surface area contributed by atoms with E-state index < -0.39 is 10.8 Å². The van der Waals surface area contributed by atoms with Crippen molar-refractivity contribution >= 4 is 26.7 Å². The highest BCUT2D eigenvalue weighted by Gasteiger charge is 2.26. The van der Waals surface area contributed by atoms with Crippen molar-refractivity contribution in [1.29, 1.82) is 0 Å². The lowest BCUT2D eigenvalue weighted by Crippen LogP contribution is -2.37. The van der Waals surface area contributed by atoms with Gasteiger partial charge in [0.15, 0.2) is 0 Å². The maximum Gasteiger partial charge on any atom is 0.0561 e. The van der Waals surface area contributed by atoms with Crippen molar-refractivity contribution in [2.24, 2.45) is 0 Å². The highest BCUT2D eigenvalue weighted by atomic mass is 79.9. The zero-order valence-electron chi connectivity index (χ0n) is 10.7. The predicted octanol–water partition coefficient (Wildman–Crippen LogP) is 3.48. The number of rotatable bonds is 4. The fraction of sp³-hybridized carbons (Fsp3) is 0.571. The standard InChI is InChI=1S/C14H20BrNOS/c1-2-16-12-6-4-8-14(10-12)18(17)13-7-3-5-11(15)9-13/h3,5,7,9,12,14,16H,2,4,6,8,10H2,1H3. The van der Waals surface area contributed by atoms with Crippen LogP contribution in [-0.2, 0) is 10.8 Å². The summed E-state index contributed by atoms with van der Waals surface area (Å²) in [7, 11) is -0.874. The molecule has 0 aliphatic heterocycles. The smallest absolute Gasteiger partial charge is 0.0561 e. The molecule has 0 bridgehead atoms. The van der Waals surface area contributed by atoms with Crippen molar-refractivity contribution in [2.45, 2.75) is 48.8 Å². The van der Waals surface area contributed by atoms with Crippen LogP contribution in [0.1, 0.15) is 32.6 Å². The van der Waals surface area contributed by atoms with Gasteiger partial charge in [-0.1, -0.05) is 35.3 Å². The second-order valence-electron chi connectivity index (χ2n) is 4.80. The highest BCUT2D eigenvalue weighted by Crippen LogP contribution is 2.27. The van der Waals surface area contributed by atoms with Crippen molar-refractivity contribution in [3.8, 4) is 0 Å². The molecular weight excluding hydrogens is 310 g/mol. The maximum absolute atomic E-state index is 12.6. The summed E-state index contributed by atoms with van der Waals surface area (Å²) in [6.45, 7) is 3.13. The van der Waals surface area contributed by atoms with Crippen LogP contribution in [0.2, 0.25) is 0 Å². The van der Waals surface area contributed by atoms with Gasteiger partial charge < -0.3 is 5.32 Å². The van der Waals surface area contributed by atoms with Crippen molar-refractivity contribution in [2.75, 3.05) is 6.54 Å². The lowest BCUT2D eigenvalue weighted by atomic mass is 9.95. The summed E-state index contributed by atoms with van der Waals surface area (Å²) >= 11 is 3.44. The average Bonchev–Trinajstić information content (AvgIpc) is 2.39. The molecule has 0 heterocycles. The van der Waals surface area contributed by atoms with E-state index in [1.165, 1.54) is 12.8 Å². The van der Waals surface area contributed by atoms with Crippen LogP contribution in [0.3, 0.4) is 0 Å². The van der Waals surface area contributed by atoms with Gasteiger partial charge in [0.05, 0.1) is 10.8 Å². The molecule has 1 saturated carbocycles. The van der Waals surface area contributed by atoms with E-state index in [4.69, 9.17) is 0 Å². The second-order valence-corrected chi connectivity index (χ2v) is 7.45. The fourth-order valence-corrected chi connectivity index (χ4v) is 4.78. The van der Waals surface area contributed by atoms with Crippen LogP contribution in [0.4, 0.5) is 0 Å². The van der Waals surface area contributed by atoms with Gasteiger partial charge in [-0.05, 0) is 44.0 Å². The van der Waals surface area contributed by atoms with E-state index >= 15 is 0 Å². The van der Waals surface area contributed by atoms with Crippen LogP contribution in [-0.4, -0.2) is 22.0 Å². The van der Waals surface area contributed by atoms with Gasteiger partial charge in [-0.3, -0.25) is 4.21 Å². The van der Waals surface area contributed by atoms with E-state index in [1.807, 2.05) is 24.3 Å². The van der Waals surface area contributed by atoms with Crippen LogP contribution >= 0.6 is 15.9 Å². The fourth-order valence-electron chi connectivity index (χ4n) is 2.60. The zero-order valence-corrected chi connectivity index (χ0v) is 13.1. The summed E-state index contributed by atoms with van der Waals surface area (Å²) < 4.78 is 13.6. The Morgan fingerprint density at radius 2 is 2.28 bits per heavy atom. The third-order valence-electron chi connectivity index (χ3n) is 3.45. The molecule has 3 atom stereocenters. The molecule has 1 aromatic carbocycles. The molecule has 0 aromatic heterocycles. The molecule has 1 aliphatic rings. The molecule has 3 unspecified atom stereocenters. The lowest BCUT2D eigenvalue weighted by molar-refractivity contribution is 0.383. The van der Waals surface area contributed by atoms with Crippen molar-refractivity contribution in [1.82, 2.24) is 5.32 Å². The van der Waals surface area contributed by atoms with Gasteiger partial charge in [0.25, 0.3) is 0 Å². The third kappa shape index (κ3) is 3.65. The SMILES string of the molecule is CCNC1CCCC(S(=O)c2cccc(Br)c2)C1. The van der Waals surface area contributed by atoms with Crippen LogP contribution in [0.5, 0.6) is 0 Å². The van der Waals surface area contributed by atoms with E-state index in [2.05, 4.69) is 28.2 Å². The van der Waals surface area contributed by atoms with Crippen molar-refractivity contribution < 1.29 is 4.21 Å². The molecule has 0 spiro atoms. The molecule has 1 aromatic rings. The molecule has 0 amide bonds. The Balaban J connectivity index is 2.04. The Morgan fingerprint density at radius 1 is 1.44 bits per heavy atom. The summed E-state index contributed by atoms with van der Waals surface area (Å²) in [6, 6.07) is 8.43. The third-order valence-corrected chi connectivity index (χ3v) is 5.70. The van der Waals surface area contributed by atoms with E-state index in [-0.39, 0.29) is 0 Å². The normalized spacial score (nSPS) is 25.9. The summed E-state index contributed by atoms with van der Waals surface area (Å²) in [6.07, 6.45) is 4.52. The largest absolute Gasteiger partial charge is 0.314 e. The Labute approximate surface area is 120 Å². The Bertz CT molecular complexity index is 422. The second kappa shape index (κ2) is 6.83. The molecule has 0 radical (unpaired) electrons. The molecule has 1 aliphatic carbocycles. The number of hydrogen-bond acceptors (Lipinski definition) is 2. The van der Waals surface area contributed by atoms with Crippen LogP contribution in [0, 0.1) is 0 Å². The van der Waals surface area contributed by atoms with Gasteiger partial charge in [-0.2, -0.15) is 0 Å². The molecule has 1 fully saturated rings. The molecule has 4 heteroatoms. The minimum absolute atomic E-state index is 0.303. The van der Waals surface area contributed by atoms with Gasteiger partial charge >= 0.3 is 0 Å². The number of halogens is 1. The van der Waals surface area contributed by atoms with Gasteiger partial charge in [0, 0.05) is 20.7 Å². The topological polar surface area (TPSA) is 29.1 Å². The van der Waals surface area contributed by atoms with E-state index in [0.29, 0.717) is 11.3 Å². The molecule has 2 nitrogen and oxygen atoms in total.